The van der Waals surface area contributed by atoms with Crippen LogP contribution >= 0.6 is 0 Å². The van der Waals surface area contributed by atoms with Crippen molar-refractivity contribution >= 4 is 28.9 Å². The van der Waals surface area contributed by atoms with Crippen LogP contribution in [0.4, 0.5) is 4.79 Å². The number of H-pyrrole nitrogens is 1. The summed E-state index contributed by atoms with van der Waals surface area (Å²) in [6.07, 6.45) is 0. The number of amides is 4. The zero-order valence-electron chi connectivity index (χ0n) is 12.0. The highest BCUT2D eigenvalue weighted by Gasteiger charge is 2.29. The Morgan fingerprint density at radius 1 is 1.36 bits per heavy atom. The van der Waals surface area contributed by atoms with Crippen molar-refractivity contribution in [1.29, 1.82) is 0 Å². The Kier molecular flexibility index (Phi) is 3.50. The van der Waals surface area contributed by atoms with Gasteiger partial charge in [-0.1, -0.05) is 12.1 Å². The number of nitrogens with zero attached hydrogens (tertiary/aromatic N) is 3. The first kappa shape index (κ1) is 14.1. The second-order valence-corrected chi connectivity index (χ2v) is 5.16. The number of likely N-dealkylation sites (N-methyl/N-ethyl adjacent to an activating group) is 1. The van der Waals surface area contributed by atoms with Crippen LogP contribution in [-0.4, -0.2) is 57.8 Å². The molecule has 4 amide bonds. The maximum Gasteiger partial charge on any atom is 0.325 e. The predicted octanol–water partition coefficient (Wildman–Crippen LogP) is 0.0731. The molecule has 22 heavy (non-hydrogen) atoms. The highest BCUT2D eigenvalue weighted by atomic mass is 16.2. The fraction of sp³-hybridized carbons (Fsp3) is 0.286. The molecule has 1 aliphatic rings. The quantitative estimate of drug-likeness (QED) is 0.781. The van der Waals surface area contributed by atoms with Crippen LogP contribution in [-0.2, 0) is 16.1 Å². The molecule has 2 N–H and O–H groups in total. The lowest BCUT2D eigenvalue weighted by Gasteiger charge is -2.19. The van der Waals surface area contributed by atoms with Gasteiger partial charge >= 0.3 is 6.03 Å². The number of carbonyl (C=O) groups excluding carboxylic acids is 3. The molecule has 1 aliphatic heterocycles. The molecule has 2 aromatic rings. The van der Waals surface area contributed by atoms with Gasteiger partial charge in [-0.05, 0) is 12.1 Å². The monoisotopic (exact) mass is 301 g/mol. The lowest BCUT2D eigenvalue weighted by atomic mass is 10.3. The molecule has 0 unspecified atom stereocenters. The van der Waals surface area contributed by atoms with E-state index >= 15 is 0 Å². The molecule has 8 nitrogen and oxygen atoms in total. The largest absolute Gasteiger partial charge is 0.340 e. The van der Waals surface area contributed by atoms with Gasteiger partial charge in [0.2, 0.25) is 11.8 Å². The van der Waals surface area contributed by atoms with E-state index in [0.717, 1.165) is 11.0 Å². The average Bonchev–Trinajstić information content (AvgIpc) is 3.01. The van der Waals surface area contributed by atoms with Crippen molar-refractivity contribution in [1.82, 2.24) is 25.1 Å². The number of rotatable bonds is 4. The van der Waals surface area contributed by atoms with Gasteiger partial charge in [0.1, 0.15) is 18.9 Å². The first-order chi connectivity index (χ1) is 10.5. The zero-order chi connectivity index (χ0) is 15.7. The normalized spacial score (nSPS) is 14.5. The Bertz CT molecular complexity index is 721. The van der Waals surface area contributed by atoms with Crippen LogP contribution in [0.15, 0.2) is 24.3 Å². The van der Waals surface area contributed by atoms with E-state index in [1.54, 1.807) is 7.05 Å². The van der Waals surface area contributed by atoms with E-state index in [0.29, 0.717) is 12.4 Å². The highest BCUT2D eigenvalue weighted by molar-refractivity contribution is 6.03. The van der Waals surface area contributed by atoms with Gasteiger partial charge in [-0.3, -0.25) is 14.9 Å². The summed E-state index contributed by atoms with van der Waals surface area (Å²) >= 11 is 0. The molecule has 1 fully saturated rings. The van der Waals surface area contributed by atoms with E-state index in [1.807, 2.05) is 24.3 Å². The van der Waals surface area contributed by atoms with Crippen molar-refractivity contribution < 1.29 is 14.4 Å². The summed E-state index contributed by atoms with van der Waals surface area (Å²) in [5, 5.41) is 2.14. The van der Waals surface area contributed by atoms with Gasteiger partial charge < -0.3 is 14.8 Å². The van der Waals surface area contributed by atoms with E-state index in [1.165, 1.54) is 9.80 Å². The molecule has 0 aliphatic carbocycles. The second-order valence-electron chi connectivity index (χ2n) is 5.16. The van der Waals surface area contributed by atoms with E-state index in [4.69, 9.17) is 0 Å². The number of aromatic nitrogens is 2. The average molecular weight is 301 g/mol. The summed E-state index contributed by atoms with van der Waals surface area (Å²) in [7, 11) is 1.63. The number of imide groups is 1. The highest BCUT2D eigenvalue weighted by Crippen LogP contribution is 2.11. The Hall–Kier alpha value is -2.90. The maximum atomic E-state index is 12.1. The van der Waals surface area contributed by atoms with Gasteiger partial charge in [0.25, 0.3) is 0 Å². The summed E-state index contributed by atoms with van der Waals surface area (Å²) < 4.78 is 0. The fourth-order valence-electron chi connectivity index (χ4n) is 2.29. The molecule has 0 saturated carbocycles. The molecular weight excluding hydrogens is 286 g/mol. The molecule has 3 rings (SSSR count). The number of nitrogens with one attached hydrogen (secondary N) is 2. The number of carbonyl (C=O) groups is 3. The molecular formula is C14H15N5O3. The van der Waals surface area contributed by atoms with E-state index in [-0.39, 0.29) is 19.0 Å². The number of hydrogen-bond donors (Lipinski definition) is 2. The number of hydrogen-bond acceptors (Lipinski definition) is 4. The van der Waals surface area contributed by atoms with Crippen molar-refractivity contribution in [3.05, 3.63) is 30.1 Å². The smallest absolute Gasteiger partial charge is 0.325 e. The summed E-state index contributed by atoms with van der Waals surface area (Å²) in [6, 6.07) is 7.06. The number of fused-ring (bicyclic) bond motifs is 1. The Balaban J connectivity index is 1.63. The van der Waals surface area contributed by atoms with Gasteiger partial charge in [-0.25, -0.2) is 9.78 Å². The first-order valence-corrected chi connectivity index (χ1v) is 6.79. The molecule has 0 atom stereocenters. The maximum absolute atomic E-state index is 12.1. The standard InChI is InChI=1S/C14H15N5O3/c1-18(13(21)8-19-7-12(20)17-14(19)22)6-11-15-9-4-2-3-5-10(9)16-11/h2-5H,6-8H2,1H3,(H,15,16)(H,17,20,22). The Labute approximate surface area is 126 Å². The van der Waals surface area contributed by atoms with Crippen LogP contribution in [0.1, 0.15) is 5.82 Å². The summed E-state index contributed by atoms with van der Waals surface area (Å²) in [5.74, 6) is 0.0158. The van der Waals surface area contributed by atoms with Crippen LogP contribution in [0.5, 0.6) is 0 Å². The van der Waals surface area contributed by atoms with Crippen molar-refractivity contribution in [3.8, 4) is 0 Å². The summed E-state index contributed by atoms with van der Waals surface area (Å²) in [6.45, 7) is 0.0915. The van der Waals surface area contributed by atoms with Gasteiger partial charge in [0, 0.05) is 7.05 Å². The lowest BCUT2D eigenvalue weighted by molar-refractivity contribution is -0.131. The minimum absolute atomic E-state index is 0.0803. The minimum Gasteiger partial charge on any atom is -0.340 e. The molecule has 0 bridgehead atoms. The van der Waals surface area contributed by atoms with E-state index in [2.05, 4.69) is 15.3 Å². The van der Waals surface area contributed by atoms with E-state index in [9.17, 15) is 14.4 Å². The van der Waals surface area contributed by atoms with Crippen molar-refractivity contribution in [2.75, 3.05) is 20.1 Å². The lowest BCUT2D eigenvalue weighted by Crippen LogP contribution is -2.39. The van der Waals surface area contributed by atoms with Gasteiger partial charge in [0.15, 0.2) is 0 Å². The number of benzene rings is 1. The van der Waals surface area contributed by atoms with Crippen LogP contribution in [0, 0.1) is 0 Å². The van der Waals surface area contributed by atoms with Crippen LogP contribution in [0.3, 0.4) is 0 Å². The van der Waals surface area contributed by atoms with Crippen molar-refractivity contribution in [2.24, 2.45) is 0 Å². The Morgan fingerprint density at radius 2 is 2.14 bits per heavy atom. The van der Waals surface area contributed by atoms with Crippen LogP contribution in [0.25, 0.3) is 11.0 Å². The third kappa shape index (κ3) is 2.76. The molecule has 8 heteroatoms. The van der Waals surface area contributed by atoms with E-state index < -0.39 is 11.9 Å². The van der Waals surface area contributed by atoms with Crippen LogP contribution in [0.2, 0.25) is 0 Å². The van der Waals surface area contributed by atoms with Crippen LogP contribution < -0.4 is 5.32 Å². The molecule has 1 aromatic carbocycles. The topological polar surface area (TPSA) is 98.4 Å². The van der Waals surface area contributed by atoms with Gasteiger partial charge in [-0.2, -0.15) is 0 Å². The number of urea groups is 1. The number of para-hydroxylation sites is 2. The Morgan fingerprint density at radius 3 is 2.82 bits per heavy atom. The first-order valence-electron chi connectivity index (χ1n) is 6.79. The van der Waals surface area contributed by atoms with Gasteiger partial charge in [0.05, 0.1) is 17.6 Å². The summed E-state index contributed by atoms with van der Waals surface area (Å²) in [5.41, 5.74) is 1.74. The zero-order valence-corrected chi connectivity index (χ0v) is 12.0. The fourth-order valence-corrected chi connectivity index (χ4v) is 2.29. The molecule has 2 heterocycles. The van der Waals surface area contributed by atoms with Crippen molar-refractivity contribution in [2.45, 2.75) is 6.54 Å². The summed E-state index contributed by atoms with van der Waals surface area (Å²) in [4.78, 5) is 44.8. The third-order valence-corrected chi connectivity index (χ3v) is 3.45. The van der Waals surface area contributed by atoms with Gasteiger partial charge in [-0.15, -0.1) is 0 Å². The molecule has 0 radical (unpaired) electrons. The third-order valence-electron chi connectivity index (χ3n) is 3.45. The predicted molar refractivity (Wildman–Crippen MR) is 77.7 cm³/mol. The van der Waals surface area contributed by atoms with Crippen molar-refractivity contribution in [3.63, 3.8) is 0 Å². The number of imidazole rings is 1. The molecule has 0 spiro atoms. The second kappa shape index (κ2) is 5.47. The number of aromatic amines is 1. The SMILES string of the molecule is CN(Cc1nc2ccccc2[nH]1)C(=O)CN1CC(=O)NC1=O. The molecule has 1 aromatic heterocycles. The molecule has 1 saturated heterocycles. The minimum atomic E-state index is -0.532. The molecule has 114 valence electrons.